The summed E-state index contributed by atoms with van der Waals surface area (Å²) >= 11 is 0. The first kappa shape index (κ1) is 24.3. The molecule has 1 heterocycles. The largest absolute Gasteiger partial charge is 0.416 e. The molecule has 12 heteroatoms. The lowest BCUT2D eigenvalue weighted by atomic mass is 10.1. The molecule has 2 N–H and O–H groups in total. The summed E-state index contributed by atoms with van der Waals surface area (Å²) in [5, 5.41) is 15.6. The molecule has 1 aromatic heterocycles. The second kappa shape index (κ2) is 9.46. The van der Waals surface area contributed by atoms with Crippen LogP contribution in [0.3, 0.4) is 0 Å². The molecule has 0 saturated carbocycles. The summed E-state index contributed by atoms with van der Waals surface area (Å²) < 4.78 is 67.8. The summed E-state index contributed by atoms with van der Waals surface area (Å²) in [7, 11) is 0. The minimum Gasteiger partial charge on any atom is -0.348 e. The van der Waals surface area contributed by atoms with Gasteiger partial charge in [-0.2, -0.15) is 23.1 Å². The van der Waals surface area contributed by atoms with Crippen LogP contribution in [0.4, 0.5) is 22.0 Å². The maximum atomic E-state index is 14.3. The minimum absolute atomic E-state index is 0.0299. The molecule has 7 nitrogen and oxygen atoms in total. The first-order chi connectivity index (χ1) is 17.1. The fraction of sp³-hybridized carbons (Fsp3) is 0.0833. The second-order valence-electron chi connectivity index (χ2n) is 7.49. The van der Waals surface area contributed by atoms with E-state index in [2.05, 4.69) is 15.4 Å². The first-order valence-corrected chi connectivity index (χ1v) is 10.2. The molecule has 0 bridgehead atoms. The number of nitriles is 1. The number of carbonyl (C=O) groups is 1. The molecule has 0 spiro atoms. The highest BCUT2D eigenvalue weighted by atomic mass is 19.4. The number of hydrogen-bond acceptors (Lipinski definition) is 4. The van der Waals surface area contributed by atoms with Crippen LogP contribution >= 0.6 is 0 Å². The third-order valence-corrected chi connectivity index (χ3v) is 5.18. The van der Waals surface area contributed by atoms with Gasteiger partial charge in [0.25, 0.3) is 5.91 Å². The lowest BCUT2D eigenvalue weighted by Crippen LogP contribution is -2.24. The number of rotatable bonds is 5. The zero-order valence-corrected chi connectivity index (χ0v) is 18.0. The Kier molecular flexibility index (Phi) is 6.39. The van der Waals surface area contributed by atoms with Crippen molar-refractivity contribution in [2.24, 2.45) is 0 Å². The van der Waals surface area contributed by atoms with Gasteiger partial charge in [-0.05, 0) is 54.1 Å². The molecule has 0 atom stereocenters. The molecule has 0 fully saturated rings. The zero-order valence-electron chi connectivity index (χ0n) is 18.0. The van der Waals surface area contributed by atoms with Crippen LogP contribution in [0.2, 0.25) is 0 Å². The molecule has 0 saturated heterocycles. The van der Waals surface area contributed by atoms with Crippen molar-refractivity contribution in [2.75, 3.05) is 0 Å². The summed E-state index contributed by atoms with van der Waals surface area (Å²) in [5.41, 5.74) is -2.17. The van der Waals surface area contributed by atoms with Crippen LogP contribution in [0.25, 0.3) is 17.1 Å². The molecular weight excluding hydrogens is 485 g/mol. The van der Waals surface area contributed by atoms with Gasteiger partial charge >= 0.3 is 11.9 Å². The van der Waals surface area contributed by atoms with E-state index in [0.29, 0.717) is 6.07 Å². The third-order valence-electron chi connectivity index (χ3n) is 5.18. The Labute approximate surface area is 199 Å². The van der Waals surface area contributed by atoms with Crippen molar-refractivity contribution in [2.45, 2.75) is 12.7 Å². The Hall–Kier alpha value is -4.79. The molecule has 0 unspecified atom stereocenters. The lowest BCUT2D eigenvalue weighted by Gasteiger charge is -2.13. The highest BCUT2D eigenvalue weighted by molar-refractivity contribution is 5.94. The van der Waals surface area contributed by atoms with Crippen LogP contribution in [0.15, 0.2) is 65.5 Å². The van der Waals surface area contributed by atoms with Gasteiger partial charge in [-0.25, -0.2) is 13.6 Å². The molecule has 0 radical (unpaired) electrons. The number of nitrogens with one attached hydrogen (secondary N) is 2. The van der Waals surface area contributed by atoms with Crippen molar-refractivity contribution in [1.82, 2.24) is 20.1 Å². The molecule has 4 aromatic rings. The van der Waals surface area contributed by atoms with E-state index < -0.39 is 41.5 Å². The van der Waals surface area contributed by atoms with Crippen molar-refractivity contribution in [3.05, 3.63) is 105 Å². The van der Waals surface area contributed by atoms with Gasteiger partial charge in [-0.15, -0.1) is 5.10 Å². The van der Waals surface area contributed by atoms with Gasteiger partial charge in [0.1, 0.15) is 11.6 Å². The fourth-order valence-corrected chi connectivity index (χ4v) is 3.47. The maximum Gasteiger partial charge on any atom is 0.416 e. The van der Waals surface area contributed by atoms with Crippen LogP contribution in [0.5, 0.6) is 0 Å². The Morgan fingerprint density at radius 3 is 2.47 bits per heavy atom. The van der Waals surface area contributed by atoms with Crippen LogP contribution in [0.1, 0.15) is 27.0 Å². The van der Waals surface area contributed by atoms with E-state index in [-0.39, 0.29) is 33.8 Å². The molecule has 0 aliphatic heterocycles. The van der Waals surface area contributed by atoms with Gasteiger partial charge in [0, 0.05) is 12.1 Å². The minimum atomic E-state index is -4.80. The van der Waals surface area contributed by atoms with E-state index in [1.165, 1.54) is 36.4 Å². The van der Waals surface area contributed by atoms with Crippen molar-refractivity contribution in [1.29, 1.82) is 5.26 Å². The average molecular weight is 499 g/mol. The predicted molar refractivity (Wildman–Crippen MR) is 117 cm³/mol. The van der Waals surface area contributed by atoms with E-state index >= 15 is 0 Å². The molecule has 1 amide bonds. The molecule has 0 aliphatic rings. The highest BCUT2D eigenvalue weighted by Crippen LogP contribution is 2.32. The molecule has 0 aliphatic carbocycles. The smallest absolute Gasteiger partial charge is 0.348 e. The van der Waals surface area contributed by atoms with E-state index in [1.54, 1.807) is 0 Å². The summed E-state index contributed by atoms with van der Waals surface area (Å²) in [4.78, 5) is 27.2. The summed E-state index contributed by atoms with van der Waals surface area (Å²) in [6.07, 6.45) is -4.80. The molecule has 36 heavy (non-hydrogen) atoms. The van der Waals surface area contributed by atoms with Crippen LogP contribution < -0.4 is 11.0 Å². The normalized spacial score (nSPS) is 11.2. The number of aromatic nitrogens is 3. The van der Waals surface area contributed by atoms with Gasteiger partial charge < -0.3 is 5.32 Å². The summed E-state index contributed by atoms with van der Waals surface area (Å²) in [6.45, 7) is -0.498. The number of aromatic amines is 1. The van der Waals surface area contributed by atoms with Gasteiger partial charge in [-0.1, -0.05) is 12.1 Å². The monoisotopic (exact) mass is 499 g/mol. The molecular formula is C24H14F5N5O2. The van der Waals surface area contributed by atoms with Gasteiger partial charge in [0.15, 0.2) is 5.82 Å². The van der Waals surface area contributed by atoms with E-state index in [9.17, 15) is 36.8 Å². The van der Waals surface area contributed by atoms with Crippen molar-refractivity contribution >= 4 is 5.91 Å². The number of H-pyrrole nitrogens is 1. The Balaban J connectivity index is 1.54. The Bertz CT molecular complexity index is 1550. The highest BCUT2D eigenvalue weighted by Gasteiger charge is 2.33. The van der Waals surface area contributed by atoms with Crippen LogP contribution in [-0.2, 0) is 12.7 Å². The zero-order chi connectivity index (χ0) is 26.0. The van der Waals surface area contributed by atoms with Gasteiger partial charge in [0.2, 0.25) is 0 Å². The molecule has 182 valence electrons. The number of hydrogen-bond donors (Lipinski definition) is 2. The summed E-state index contributed by atoms with van der Waals surface area (Å²) in [6, 6.07) is 13.1. The van der Waals surface area contributed by atoms with Gasteiger partial charge in [0.05, 0.1) is 28.4 Å². The topological polar surface area (TPSA) is 104 Å². The van der Waals surface area contributed by atoms with E-state index in [4.69, 9.17) is 0 Å². The average Bonchev–Trinajstić information content (AvgIpc) is 3.23. The number of nitrogens with zero attached hydrogens (tertiary/aromatic N) is 3. The quantitative estimate of drug-likeness (QED) is 0.399. The standard InChI is InChI=1S/C24H14F5N5O2/c25-16-7-4-15(18(10-16)24(27,28)29)12-31-22(35)13-5-8-17(9-6-13)34-23(36)32-21(33-34)20-14(11-30)2-1-3-19(20)26/h1-10H,12H2,(H,31,35)(H,32,33,36). The Morgan fingerprint density at radius 2 is 1.81 bits per heavy atom. The van der Waals surface area contributed by atoms with Crippen molar-refractivity contribution < 1.29 is 26.7 Å². The van der Waals surface area contributed by atoms with Crippen molar-refractivity contribution in [3.63, 3.8) is 0 Å². The van der Waals surface area contributed by atoms with E-state index in [0.717, 1.165) is 22.9 Å². The number of carbonyl (C=O) groups excluding carboxylic acids is 1. The number of benzene rings is 3. The van der Waals surface area contributed by atoms with Crippen LogP contribution in [-0.4, -0.2) is 20.7 Å². The Morgan fingerprint density at radius 1 is 1.08 bits per heavy atom. The number of alkyl halides is 3. The van der Waals surface area contributed by atoms with Gasteiger partial charge in [-0.3, -0.25) is 9.78 Å². The lowest BCUT2D eigenvalue weighted by molar-refractivity contribution is -0.138. The number of halogens is 5. The summed E-state index contributed by atoms with van der Waals surface area (Å²) in [5.74, 6) is -2.68. The van der Waals surface area contributed by atoms with E-state index in [1.807, 2.05) is 6.07 Å². The fourth-order valence-electron chi connectivity index (χ4n) is 3.47. The maximum absolute atomic E-state index is 14.3. The third kappa shape index (κ3) is 4.85. The SMILES string of the molecule is N#Cc1cccc(F)c1-c1nn(-c2ccc(C(=O)NCc3ccc(F)cc3C(F)(F)F)cc2)c(=O)[nH]1. The molecule has 4 rings (SSSR count). The van der Waals surface area contributed by atoms with Crippen LogP contribution in [0, 0.1) is 23.0 Å². The van der Waals surface area contributed by atoms with Crippen molar-refractivity contribution in [3.8, 4) is 23.1 Å². The second-order valence-corrected chi connectivity index (χ2v) is 7.49. The number of amides is 1. The predicted octanol–water partition coefficient (Wildman–Crippen LogP) is 4.33. The first-order valence-electron chi connectivity index (χ1n) is 10.2. The molecule has 3 aromatic carbocycles.